The smallest absolute Gasteiger partial charge is 0.0897 e. The van der Waals surface area contributed by atoms with Gasteiger partial charge in [0, 0.05) is 19.7 Å². The molecule has 0 spiro atoms. The van der Waals surface area contributed by atoms with Gasteiger partial charge in [-0.3, -0.25) is 0 Å². The molecule has 0 amide bonds. The number of rotatable bonds is 8. The van der Waals surface area contributed by atoms with E-state index in [1.165, 1.54) is 0 Å². The van der Waals surface area contributed by atoms with Crippen molar-refractivity contribution >= 4 is 0 Å². The first-order chi connectivity index (χ1) is 7.52. The lowest BCUT2D eigenvalue weighted by Gasteiger charge is -2.36. The monoisotopic (exact) mass is 231 g/mol. The molecule has 1 aliphatic rings. The van der Waals surface area contributed by atoms with E-state index in [4.69, 9.17) is 4.74 Å². The molecule has 4 nitrogen and oxygen atoms in total. The molecule has 0 aromatic carbocycles. The van der Waals surface area contributed by atoms with Crippen LogP contribution in [0.3, 0.4) is 0 Å². The van der Waals surface area contributed by atoms with Crippen LogP contribution in [-0.4, -0.2) is 48.2 Å². The van der Waals surface area contributed by atoms with E-state index in [0.29, 0.717) is 32.2 Å². The van der Waals surface area contributed by atoms with Crippen LogP contribution in [0.1, 0.15) is 33.1 Å². The normalized spacial score (nSPS) is 20.8. The molecular formula is C12H25NO3. The number of ether oxygens (including phenoxy) is 1. The second-order valence-electron chi connectivity index (χ2n) is 5.29. The van der Waals surface area contributed by atoms with Gasteiger partial charge in [-0.2, -0.15) is 0 Å². The predicted molar refractivity (Wildman–Crippen MR) is 63.3 cm³/mol. The van der Waals surface area contributed by atoms with Crippen molar-refractivity contribution in [3.8, 4) is 0 Å². The van der Waals surface area contributed by atoms with Gasteiger partial charge in [0.15, 0.2) is 0 Å². The first kappa shape index (κ1) is 13.9. The van der Waals surface area contributed by atoms with E-state index in [0.717, 1.165) is 19.3 Å². The molecule has 3 N–H and O–H groups in total. The Kier molecular flexibility index (Phi) is 5.69. The van der Waals surface area contributed by atoms with Gasteiger partial charge in [-0.1, -0.05) is 13.8 Å². The number of aliphatic hydroxyl groups is 2. The molecule has 0 aromatic heterocycles. The topological polar surface area (TPSA) is 61.7 Å². The molecule has 0 heterocycles. The second-order valence-corrected chi connectivity index (χ2v) is 5.29. The molecule has 16 heavy (non-hydrogen) atoms. The molecule has 0 radical (unpaired) electrons. The molecular weight excluding hydrogens is 206 g/mol. The average Bonchev–Trinajstić information content (AvgIpc) is 2.14. The third-order valence-electron chi connectivity index (χ3n) is 2.88. The molecule has 0 saturated heterocycles. The van der Waals surface area contributed by atoms with Gasteiger partial charge in [-0.25, -0.2) is 0 Å². The van der Waals surface area contributed by atoms with E-state index >= 15 is 0 Å². The van der Waals surface area contributed by atoms with Crippen molar-refractivity contribution in [3.63, 3.8) is 0 Å². The van der Waals surface area contributed by atoms with Crippen molar-refractivity contribution in [2.45, 2.75) is 44.8 Å². The predicted octanol–water partition coefficient (Wildman–Crippen LogP) is 0.524. The zero-order chi connectivity index (χ0) is 12.0. The number of nitrogens with one attached hydrogen (secondary N) is 1. The second kappa shape index (κ2) is 6.55. The van der Waals surface area contributed by atoms with Crippen molar-refractivity contribution in [3.05, 3.63) is 0 Å². The minimum Gasteiger partial charge on any atom is -0.389 e. The zero-order valence-corrected chi connectivity index (χ0v) is 10.4. The lowest BCUT2D eigenvalue weighted by atomic mass is 9.80. The van der Waals surface area contributed by atoms with Crippen LogP contribution in [0.2, 0.25) is 0 Å². The van der Waals surface area contributed by atoms with Gasteiger partial charge >= 0.3 is 0 Å². The Labute approximate surface area is 98.0 Å². The van der Waals surface area contributed by atoms with Crippen molar-refractivity contribution in [2.75, 3.05) is 26.3 Å². The molecule has 4 heteroatoms. The van der Waals surface area contributed by atoms with Crippen LogP contribution in [0.15, 0.2) is 0 Å². The van der Waals surface area contributed by atoms with E-state index in [1.807, 2.05) is 0 Å². The summed E-state index contributed by atoms with van der Waals surface area (Å²) in [6.07, 6.45) is 2.38. The Balaban J connectivity index is 1.95. The van der Waals surface area contributed by atoms with Gasteiger partial charge in [0.25, 0.3) is 0 Å². The molecule has 0 bridgehead atoms. The van der Waals surface area contributed by atoms with E-state index < -0.39 is 11.7 Å². The fourth-order valence-corrected chi connectivity index (χ4v) is 1.73. The lowest BCUT2D eigenvalue weighted by Crippen LogP contribution is -2.48. The van der Waals surface area contributed by atoms with Crippen molar-refractivity contribution in [1.29, 1.82) is 0 Å². The Morgan fingerprint density at radius 1 is 1.31 bits per heavy atom. The molecule has 1 fully saturated rings. The molecule has 0 aromatic rings. The zero-order valence-electron chi connectivity index (χ0n) is 10.4. The maximum absolute atomic E-state index is 9.80. The minimum atomic E-state index is -0.515. The van der Waals surface area contributed by atoms with Gasteiger partial charge in [-0.15, -0.1) is 0 Å². The quantitative estimate of drug-likeness (QED) is 0.570. The number of hydrogen-bond donors (Lipinski definition) is 3. The first-order valence-electron chi connectivity index (χ1n) is 6.21. The minimum absolute atomic E-state index is 0.365. The van der Waals surface area contributed by atoms with E-state index in [1.54, 1.807) is 0 Å². The first-order valence-corrected chi connectivity index (χ1v) is 6.21. The molecule has 1 unspecified atom stereocenters. The third-order valence-corrected chi connectivity index (χ3v) is 2.88. The van der Waals surface area contributed by atoms with E-state index in [2.05, 4.69) is 19.2 Å². The van der Waals surface area contributed by atoms with Crippen LogP contribution in [-0.2, 0) is 4.74 Å². The van der Waals surface area contributed by atoms with Gasteiger partial charge in [0.2, 0.25) is 0 Å². The largest absolute Gasteiger partial charge is 0.389 e. The SMILES string of the molecule is CC(C)COCC(O)CNCC1(O)CCC1. The molecule has 1 rings (SSSR count). The lowest BCUT2D eigenvalue weighted by molar-refractivity contribution is -0.0352. The number of aliphatic hydroxyl groups excluding tert-OH is 1. The summed E-state index contributed by atoms with van der Waals surface area (Å²) in [5.74, 6) is 0.496. The molecule has 0 aliphatic heterocycles. The Bertz CT molecular complexity index is 193. The Morgan fingerprint density at radius 3 is 2.50 bits per heavy atom. The summed E-state index contributed by atoms with van der Waals surface area (Å²) < 4.78 is 5.33. The van der Waals surface area contributed by atoms with Gasteiger partial charge in [0.05, 0.1) is 18.3 Å². The molecule has 96 valence electrons. The van der Waals surface area contributed by atoms with Crippen LogP contribution in [0.4, 0.5) is 0 Å². The van der Waals surface area contributed by atoms with E-state index in [9.17, 15) is 10.2 Å². The fraction of sp³-hybridized carbons (Fsp3) is 1.00. The fourth-order valence-electron chi connectivity index (χ4n) is 1.73. The van der Waals surface area contributed by atoms with Crippen LogP contribution in [0, 0.1) is 5.92 Å². The summed E-state index contributed by atoms with van der Waals surface area (Å²) in [4.78, 5) is 0. The molecule has 1 atom stereocenters. The maximum atomic E-state index is 9.80. The van der Waals surface area contributed by atoms with E-state index in [-0.39, 0.29) is 0 Å². The Morgan fingerprint density at radius 2 is 2.00 bits per heavy atom. The standard InChI is InChI=1S/C12H25NO3/c1-10(2)7-16-8-11(14)6-13-9-12(15)4-3-5-12/h10-11,13-15H,3-9H2,1-2H3. The van der Waals surface area contributed by atoms with Crippen molar-refractivity contribution in [1.82, 2.24) is 5.32 Å². The summed E-state index contributed by atoms with van der Waals surface area (Å²) in [5.41, 5.74) is -0.515. The van der Waals surface area contributed by atoms with Crippen molar-refractivity contribution < 1.29 is 14.9 Å². The van der Waals surface area contributed by atoms with Crippen LogP contribution >= 0.6 is 0 Å². The number of hydrogen-bond acceptors (Lipinski definition) is 4. The highest BCUT2D eigenvalue weighted by atomic mass is 16.5. The highest BCUT2D eigenvalue weighted by Gasteiger charge is 2.33. The van der Waals surface area contributed by atoms with Crippen LogP contribution in [0.5, 0.6) is 0 Å². The van der Waals surface area contributed by atoms with Gasteiger partial charge in [-0.05, 0) is 25.2 Å². The van der Waals surface area contributed by atoms with Gasteiger partial charge < -0.3 is 20.3 Å². The highest BCUT2D eigenvalue weighted by Crippen LogP contribution is 2.30. The summed E-state index contributed by atoms with van der Waals surface area (Å²) in [7, 11) is 0. The molecule has 1 aliphatic carbocycles. The van der Waals surface area contributed by atoms with Crippen LogP contribution in [0.25, 0.3) is 0 Å². The van der Waals surface area contributed by atoms with Gasteiger partial charge in [0.1, 0.15) is 0 Å². The van der Waals surface area contributed by atoms with Crippen molar-refractivity contribution in [2.24, 2.45) is 5.92 Å². The highest BCUT2D eigenvalue weighted by molar-refractivity contribution is 4.89. The Hall–Kier alpha value is -0.160. The van der Waals surface area contributed by atoms with Crippen LogP contribution < -0.4 is 5.32 Å². The summed E-state index contributed by atoms with van der Waals surface area (Å²) in [5, 5.41) is 22.5. The molecule has 1 saturated carbocycles. The summed E-state index contributed by atoms with van der Waals surface area (Å²) in [6, 6.07) is 0. The summed E-state index contributed by atoms with van der Waals surface area (Å²) in [6.45, 7) is 6.27. The third kappa shape index (κ3) is 5.25. The summed E-state index contributed by atoms with van der Waals surface area (Å²) >= 11 is 0. The maximum Gasteiger partial charge on any atom is 0.0897 e. The average molecular weight is 231 g/mol.